The van der Waals surface area contributed by atoms with Gasteiger partial charge in [0.1, 0.15) is 0 Å². The van der Waals surface area contributed by atoms with Crippen LogP contribution in [0.5, 0.6) is 0 Å². The van der Waals surface area contributed by atoms with Gasteiger partial charge in [-0.1, -0.05) is 22.6 Å². The molecule has 0 N–H and O–H groups in total. The number of amides is 2. The maximum absolute atomic E-state index is 11.0. The number of imide groups is 1. The highest BCUT2D eigenvalue weighted by Crippen LogP contribution is 2.12. The summed E-state index contributed by atoms with van der Waals surface area (Å²) in [5, 5.41) is 0.564. The van der Waals surface area contributed by atoms with Crippen LogP contribution in [0.15, 0.2) is 0 Å². The zero-order chi connectivity index (χ0) is 9.84. The molecule has 1 heterocycles. The number of halogens is 1. The molecule has 0 aromatic rings. The zero-order valence-corrected chi connectivity index (χ0v) is 8.94. The summed E-state index contributed by atoms with van der Waals surface area (Å²) >= 11 is 2.01. The third-order valence-electron chi connectivity index (χ3n) is 1.50. The highest BCUT2D eigenvalue weighted by atomic mass is 127. The van der Waals surface area contributed by atoms with Crippen molar-refractivity contribution in [3.8, 4) is 0 Å². The molecule has 1 aliphatic rings. The fraction of sp³-hybridized carbons (Fsp3) is 0.571. The molecule has 0 aromatic carbocycles. The van der Waals surface area contributed by atoms with Gasteiger partial charge in [-0.25, -0.2) is 4.79 Å². The second kappa shape index (κ2) is 4.54. The van der Waals surface area contributed by atoms with Gasteiger partial charge in [-0.05, 0) is 0 Å². The lowest BCUT2D eigenvalue weighted by Crippen LogP contribution is -2.32. The van der Waals surface area contributed by atoms with Gasteiger partial charge >= 0.3 is 5.97 Å². The molecule has 0 spiro atoms. The highest BCUT2D eigenvalue weighted by Gasteiger charge is 2.32. The van der Waals surface area contributed by atoms with Gasteiger partial charge < -0.3 is 4.84 Å². The van der Waals surface area contributed by atoms with Crippen molar-refractivity contribution < 1.29 is 19.2 Å². The number of carbonyl (C=O) groups excluding carboxylic acids is 3. The Kier molecular flexibility index (Phi) is 3.64. The molecule has 1 rings (SSSR count). The van der Waals surface area contributed by atoms with Crippen molar-refractivity contribution in [1.82, 2.24) is 5.06 Å². The van der Waals surface area contributed by atoms with Gasteiger partial charge in [-0.15, -0.1) is 5.06 Å². The minimum atomic E-state index is -0.544. The van der Waals surface area contributed by atoms with Crippen LogP contribution in [0.4, 0.5) is 0 Å². The minimum absolute atomic E-state index is 0.135. The first-order chi connectivity index (χ1) is 6.15. The molecule has 0 unspecified atom stereocenters. The number of carbonyl (C=O) groups is 3. The maximum Gasteiger partial charge on any atom is 0.333 e. The molecule has 72 valence electrons. The smallest absolute Gasteiger partial charge is 0.330 e. The van der Waals surface area contributed by atoms with Crippen molar-refractivity contribution in [2.45, 2.75) is 19.3 Å². The minimum Gasteiger partial charge on any atom is -0.330 e. The van der Waals surface area contributed by atoms with Crippen LogP contribution < -0.4 is 0 Å². The number of nitrogens with zero attached hydrogens (tertiary/aromatic N) is 1. The van der Waals surface area contributed by atoms with Gasteiger partial charge in [0.2, 0.25) is 0 Å². The zero-order valence-electron chi connectivity index (χ0n) is 6.79. The molecular formula is C7H8INO4. The molecule has 2 amide bonds. The molecule has 6 heteroatoms. The summed E-state index contributed by atoms with van der Waals surface area (Å²) < 4.78 is 0.604. The Morgan fingerprint density at radius 1 is 1.38 bits per heavy atom. The molecular weight excluding hydrogens is 289 g/mol. The van der Waals surface area contributed by atoms with E-state index in [1.807, 2.05) is 22.6 Å². The van der Waals surface area contributed by atoms with Crippen LogP contribution in [-0.2, 0) is 19.2 Å². The Balaban J connectivity index is 2.48. The molecule has 0 saturated carbocycles. The Hall–Kier alpha value is -0.660. The van der Waals surface area contributed by atoms with E-state index in [4.69, 9.17) is 0 Å². The first kappa shape index (κ1) is 10.4. The molecule has 0 atom stereocenters. The lowest BCUT2D eigenvalue weighted by Gasteiger charge is -2.11. The Morgan fingerprint density at radius 2 is 1.92 bits per heavy atom. The van der Waals surface area contributed by atoms with Crippen LogP contribution in [0.2, 0.25) is 0 Å². The predicted molar refractivity (Wildman–Crippen MR) is 50.7 cm³/mol. The van der Waals surface area contributed by atoms with E-state index >= 15 is 0 Å². The first-order valence-electron chi connectivity index (χ1n) is 3.77. The van der Waals surface area contributed by atoms with E-state index < -0.39 is 17.8 Å². The van der Waals surface area contributed by atoms with Crippen LogP contribution in [0.1, 0.15) is 19.3 Å². The van der Waals surface area contributed by atoms with Crippen molar-refractivity contribution >= 4 is 40.4 Å². The molecule has 5 nitrogen and oxygen atoms in total. The average Bonchev–Trinajstić information content (AvgIpc) is 2.36. The van der Waals surface area contributed by atoms with Crippen molar-refractivity contribution in [3.05, 3.63) is 0 Å². The number of rotatable bonds is 3. The quantitative estimate of drug-likeness (QED) is 0.430. The van der Waals surface area contributed by atoms with Crippen molar-refractivity contribution in [1.29, 1.82) is 0 Å². The van der Waals surface area contributed by atoms with E-state index in [9.17, 15) is 14.4 Å². The van der Waals surface area contributed by atoms with Crippen molar-refractivity contribution in [2.24, 2.45) is 0 Å². The topological polar surface area (TPSA) is 63.7 Å². The third-order valence-corrected chi connectivity index (χ3v) is 2.04. The lowest BCUT2D eigenvalue weighted by atomic mass is 10.4. The normalized spacial score (nSPS) is 16.5. The van der Waals surface area contributed by atoms with E-state index in [1.165, 1.54) is 0 Å². The third kappa shape index (κ3) is 2.64. The summed E-state index contributed by atoms with van der Waals surface area (Å²) in [5.74, 6) is -1.42. The van der Waals surface area contributed by atoms with E-state index in [0.29, 0.717) is 9.49 Å². The largest absolute Gasteiger partial charge is 0.333 e. The van der Waals surface area contributed by atoms with E-state index in [0.717, 1.165) is 0 Å². The van der Waals surface area contributed by atoms with Crippen LogP contribution >= 0.6 is 22.6 Å². The lowest BCUT2D eigenvalue weighted by molar-refractivity contribution is -0.197. The van der Waals surface area contributed by atoms with Crippen LogP contribution in [-0.4, -0.2) is 27.3 Å². The molecule has 1 fully saturated rings. The van der Waals surface area contributed by atoms with Gasteiger partial charge in [-0.2, -0.15) is 0 Å². The van der Waals surface area contributed by atoms with Crippen molar-refractivity contribution in [3.63, 3.8) is 0 Å². The summed E-state index contributed by atoms with van der Waals surface area (Å²) in [5.41, 5.74) is 0. The van der Waals surface area contributed by atoms with Gasteiger partial charge in [0.15, 0.2) is 0 Å². The Bertz CT molecular complexity index is 237. The van der Waals surface area contributed by atoms with Gasteiger partial charge in [0.05, 0.1) is 6.42 Å². The maximum atomic E-state index is 11.0. The molecule has 0 aliphatic carbocycles. The SMILES string of the molecule is O=C(CCI)ON1C(=O)CCC1=O. The summed E-state index contributed by atoms with van der Waals surface area (Å²) in [6.45, 7) is 0. The van der Waals surface area contributed by atoms with E-state index in [1.54, 1.807) is 0 Å². The molecule has 0 radical (unpaired) electrons. The molecule has 1 aliphatic heterocycles. The fourth-order valence-electron chi connectivity index (χ4n) is 0.882. The Labute approximate surface area is 88.5 Å². The number of hydrogen-bond acceptors (Lipinski definition) is 4. The van der Waals surface area contributed by atoms with E-state index in [2.05, 4.69) is 4.84 Å². The van der Waals surface area contributed by atoms with Crippen LogP contribution in [0.25, 0.3) is 0 Å². The highest BCUT2D eigenvalue weighted by molar-refractivity contribution is 14.1. The van der Waals surface area contributed by atoms with Crippen LogP contribution in [0.3, 0.4) is 0 Å². The summed E-state index contributed by atoms with van der Waals surface area (Å²) in [6, 6.07) is 0. The standard InChI is InChI=1S/C7H8INO4/c8-4-3-7(12)13-9-5(10)1-2-6(9)11/h1-4H2. The number of alkyl halides is 1. The monoisotopic (exact) mass is 297 g/mol. The number of hydrogen-bond donors (Lipinski definition) is 0. The molecule has 0 aromatic heterocycles. The van der Waals surface area contributed by atoms with Gasteiger partial charge in [0.25, 0.3) is 11.8 Å². The second-order valence-corrected chi connectivity index (χ2v) is 3.56. The number of hydroxylamine groups is 2. The first-order valence-corrected chi connectivity index (χ1v) is 5.30. The van der Waals surface area contributed by atoms with Crippen LogP contribution in [0, 0.1) is 0 Å². The second-order valence-electron chi connectivity index (χ2n) is 2.48. The Morgan fingerprint density at radius 3 is 2.38 bits per heavy atom. The summed E-state index contributed by atoms with van der Waals surface area (Å²) in [6.07, 6.45) is 0.477. The van der Waals surface area contributed by atoms with Crippen molar-refractivity contribution in [2.75, 3.05) is 4.43 Å². The van der Waals surface area contributed by atoms with E-state index in [-0.39, 0.29) is 19.3 Å². The summed E-state index contributed by atoms with van der Waals surface area (Å²) in [4.78, 5) is 37.4. The van der Waals surface area contributed by atoms with Gasteiger partial charge in [-0.3, -0.25) is 9.59 Å². The molecule has 0 bridgehead atoms. The summed E-state index contributed by atoms with van der Waals surface area (Å²) in [7, 11) is 0. The molecule has 1 saturated heterocycles. The molecule has 13 heavy (non-hydrogen) atoms. The fourth-order valence-corrected chi connectivity index (χ4v) is 1.32. The average molecular weight is 297 g/mol. The van der Waals surface area contributed by atoms with Gasteiger partial charge in [0, 0.05) is 17.3 Å². The predicted octanol–water partition coefficient (Wildman–Crippen LogP) is 0.419.